The van der Waals surface area contributed by atoms with E-state index >= 15 is 0 Å². The summed E-state index contributed by atoms with van der Waals surface area (Å²) in [4.78, 5) is 12.5. The van der Waals surface area contributed by atoms with Crippen LogP contribution in [0.5, 0.6) is 5.75 Å². The molecule has 110 valence electrons. The molecule has 0 fully saturated rings. The lowest BCUT2D eigenvalue weighted by atomic mass is 10.1. The maximum Gasteiger partial charge on any atom is 0.261 e. The van der Waals surface area contributed by atoms with Gasteiger partial charge in [-0.05, 0) is 68.6 Å². The number of aryl methyl sites for hydroxylation is 1. The molecule has 0 unspecified atom stereocenters. The van der Waals surface area contributed by atoms with E-state index in [0.717, 1.165) is 14.5 Å². The van der Waals surface area contributed by atoms with E-state index in [1.807, 2.05) is 19.1 Å². The molecule has 0 bridgehead atoms. The summed E-state index contributed by atoms with van der Waals surface area (Å²) in [5.41, 5.74) is 8.29. The van der Waals surface area contributed by atoms with Crippen molar-refractivity contribution in [1.82, 2.24) is 0 Å². The maximum atomic E-state index is 12.5. The fraction of sp³-hybridized carbons (Fsp3) is 0.133. The summed E-state index contributed by atoms with van der Waals surface area (Å²) >= 11 is 6.89. The molecular formula is C15H14Br2N2O2. The second kappa shape index (κ2) is 6.49. The van der Waals surface area contributed by atoms with E-state index in [4.69, 9.17) is 10.5 Å². The monoisotopic (exact) mass is 412 g/mol. The average molecular weight is 414 g/mol. The van der Waals surface area contributed by atoms with Crippen LogP contribution in [0.4, 0.5) is 11.4 Å². The Labute approximate surface area is 139 Å². The van der Waals surface area contributed by atoms with E-state index in [1.165, 1.54) is 7.11 Å². The van der Waals surface area contributed by atoms with Crippen LogP contribution in [-0.2, 0) is 0 Å². The second-order valence-corrected chi connectivity index (χ2v) is 6.19. The molecule has 6 heteroatoms. The summed E-state index contributed by atoms with van der Waals surface area (Å²) in [6.07, 6.45) is 0. The third-order valence-corrected chi connectivity index (χ3v) is 4.18. The minimum atomic E-state index is -0.324. The molecule has 21 heavy (non-hydrogen) atoms. The Morgan fingerprint density at radius 2 is 1.86 bits per heavy atom. The molecule has 3 N–H and O–H groups in total. The number of nitrogens with two attached hydrogens (primary N) is 1. The molecule has 0 aliphatic carbocycles. The SMILES string of the molecule is COc1cccc(N)c1C(=O)Nc1c(Br)cc(C)cc1Br. The molecule has 2 rings (SSSR count). The normalized spacial score (nSPS) is 10.3. The predicted octanol–water partition coefficient (Wildman–Crippen LogP) is 4.36. The number of anilines is 2. The predicted molar refractivity (Wildman–Crippen MR) is 91.9 cm³/mol. The fourth-order valence-corrected chi connectivity index (χ4v) is 3.57. The Morgan fingerprint density at radius 1 is 1.24 bits per heavy atom. The highest BCUT2D eigenvalue weighted by Crippen LogP contribution is 2.34. The quantitative estimate of drug-likeness (QED) is 0.734. The number of nitrogen functional groups attached to an aromatic ring is 1. The number of carbonyl (C=O) groups is 1. The first-order valence-corrected chi connectivity index (χ1v) is 7.72. The lowest BCUT2D eigenvalue weighted by molar-refractivity contribution is 0.102. The maximum absolute atomic E-state index is 12.5. The molecule has 0 heterocycles. The van der Waals surface area contributed by atoms with Crippen molar-refractivity contribution in [3.05, 3.63) is 50.4 Å². The molecule has 0 radical (unpaired) electrons. The highest BCUT2D eigenvalue weighted by molar-refractivity contribution is 9.11. The van der Waals surface area contributed by atoms with E-state index < -0.39 is 0 Å². The first-order chi connectivity index (χ1) is 9.93. The molecule has 2 aromatic carbocycles. The van der Waals surface area contributed by atoms with Gasteiger partial charge >= 0.3 is 0 Å². The minimum absolute atomic E-state index is 0.319. The number of benzene rings is 2. The van der Waals surface area contributed by atoms with Crippen molar-refractivity contribution in [2.24, 2.45) is 0 Å². The summed E-state index contributed by atoms with van der Waals surface area (Å²) in [5.74, 6) is 0.113. The first-order valence-electron chi connectivity index (χ1n) is 6.13. The van der Waals surface area contributed by atoms with Gasteiger partial charge in [0.25, 0.3) is 5.91 Å². The van der Waals surface area contributed by atoms with Crippen LogP contribution in [0.2, 0.25) is 0 Å². The Bertz CT molecular complexity index is 679. The molecule has 0 aliphatic heterocycles. The Kier molecular flexibility index (Phi) is 4.90. The van der Waals surface area contributed by atoms with Crippen LogP contribution in [0.1, 0.15) is 15.9 Å². The molecule has 0 spiro atoms. The number of hydrogen-bond donors (Lipinski definition) is 2. The lowest BCUT2D eigenvalue weighted by Gasteiger charge is -2.14. The van der Waals surface area contributed by atoms with Gasteiger partial charge in [-0.15, -0.1) is 0 Å². The lowest BCUT2D eigenvalue weighted by Crippen LogP contribution is -2.16. The van der Waals surface area contributed by atoms with Crippen LogP contribution < -0.4 is 15.8 Å². The number of hydrogen-bond acceptors (Lipinski definition) is 3. The Balaban J connectivity index is 2.40. The summed E-state index contributed by atoms with van der Waals surface area (Å²) in [6, 6.07) is 8.95. The number of methoxy groups -OCH3 is 1. The number of ether oxygens (including phenoxy) is 1. The van der Waals surface area contributed by atoms with Gasteiger partial charge in [-0.25, -0.2) is 0 Å². The fourth-order valence-electron chi connectivity index (χ4n) is 1.96. The van der Waals surface area contributed by atoms with Gasteiger partial charge in [-0.1, -0.05) is 6.07 Å². The van der Waals surface area contributed by atoms with Gasteiger partial charge in [0.15, 0.2) is 0 Å². The van der Waals surface area contributed by atoms with Crippen LogP contribution >= 0.6 is 31.9 Å². The smallest absolute Gasteiger partial charge is 0.261 e. The van der Waals surface area contributed by atoms with E-state index in [9.17, 15) is 4.79 Å². The molecular weight excluding hydrogens is 400 g/mol. The van der Waals surface area contributed by atoms with Gasteiger partial charge in [0.1, 0.15) is 11.3 Å². The first kappa shape index (κ1) is 15.9. The topological polar surface area (TPSA) is 64.3 Å². The number of halogens is 2. The molecule has 0 aliphatic rings. The van der Waals surface area contributed by atoms with Crippen molar-refractivity contribution in [3.63, 3.8) is 0 Å². The van der Waals surface area contributed by atoms with Crippen LogP contribution in [0.25, 0.3) is 0 Å². The number of nitrogens with one attached hydrogen (secondary N) is 1. The van der Waals surface area contributed by atoms with E-state index in [2.05, 4.69) is 37.2 Å². The Hall–Kier alpha value is -1.53. The highest BCUT2D eigenvalue weighted by atomic mass is 79.9. The van der Waals surface area contributed by atoms with Crippen molar-refractivity contribution < 1.29 is 9.53 Å². The van der Waals surface area contributed by atoms with Crippen molar-refractivity contribution in [2.75, 3.05) is 18.2 Å². The molecule has 0 aromatic heterocycles. The van der Waals surface area contributed by atoms with E-state index in [0.29, 0.717) is 22.7 Å². The molecule has 2 aromatic rings. The number of amides is 1. The van der Waals surface area contributed by atoms with E-state index in [-0.39, 0.29) is 5.91 Å². The van der Waals surface area contributed by atoms with Gasteiger partial charge in [0.05, 0.1) is 12.8 Å². The second-order valence-electron chi connectivity index (χ2n) is 4.48. The average Bonchev–Trinajstić information content (AvgIpc) is 2.42. The van der Waals surface area contributed by atoms with Gasteiger partial charge in [0.2, 0.25) is 0 Å². The summed E-state index contributed by atoms with van der Waals surface area (Å²) in [6.45, 7) is 1.97. The van der Waals surface area contributed by atoms with E-state index in [1.54, 1.807) is 18.2 Å². The molecule has 1 amide bonds. The summed E-state index contributed by atoms with van der Waals surface area (Å²) < 4.78 is 6.78. The summed E-state index contributed by atoms with van der Waals surface area (Å²) in [5, 5.41) is 2.84. The van der Waals surface area contributed by atoms with Crippen molar-refractivity contribution in [3.8, 4) is 5.75 Å². The van der Waals surface area contributed by atoms with Crippen LogP contribution in [0, 0.1) is 6.92 Å². The zero-order valence-corrected chi connectivity index (χ0v) is 14.7. The van der Waals surface area contributed by atoms with Crippen molar-refractivity contribution >= 4 is 49.1 Å². The van der Waals surface area contributed by atoms with Crippen molar-refractivity contribution in [2.45, 2.75) is 6.92 Å². The zero-order valence-electron chi connectivity index (χ0n) is 11.5. The third-order valence-electron chi connectivity index (χ3n) is 2.93. The van der Waals surface area contributed by atoms with Gasteiger partial charge in [-0.3, -0.25) is 4.79 Å². The van der Waals surface area contributed by atoms with Crippen LogP contribution in [0.3, 0.4) is 0 Å². The van der Waals surface area contributed by atoms with Gasteiger partial charge in [0, 0.05) is 14.6 Å². The molecule has 0 saturated carbocycles. The highest BCUT2D eigenvalue weighted by Gasteiger charge is 2.18. The van der Waals surface area contributed by atoms with Gasteiger partial charge in [-0.2, -0.15) is 0 Å². The zero-order chi connectivity index (χ0) is 15.6. The largest absolute Gasteiger partial charge is 0.496 e. The minimum Gasteiger partial charge on any atom is -0.496 e. The third kappa shape index (κ3) is 3.39. The molecule has 0 saturated heterocycles. The summed E-state index contributed by atoms with van der Waals surface area (Å²) in [7, 11) is 1.50. The molecule has 0 atom stereocenters. The molecule has 4 nitrogen and oxygen atoms in total. The number of rotatable bonds is 3. The van der Waals surface area contributed by atoms with Crippen LogP contribution in [0.15, 0.2) is 39.3 Å². The van der Waals surface area contributed by atoms with Crippen LogP contribution in [-0.4, -0.2) is 13.0 Å². The standard InChI is InChI=1S/C15H14Br2N2O2/c1-8-6-9(16)14(10(17)7-8)19-15(20)13-11(18)4-3-5-12(13)21-2/h3-7H,18H2,1-2H3,(H,19,20). The number of carbonyl (C=O) groups excluding carboxylic acids is 1. The van der Waals surface area contributed by atoms with Gasteiger partial charge < -0.3 is 15.8 Å². The van der Waals surface area contributed by atoms with Crippen molar-refractivity contribution in [1.29, 1.82) is 0 Å². The Morgan fingerprint density at radius 3 is 2.43 bits per heavy atom.